The van der Waals surface area contributed by atoms with Crippen LogP contribution in [-0.4, -0.2) is 47.4 Å². The van der Waals surface area contributed by atoms with Crippen molar-refractivity contribution in [1.29, 1.82) is 0 Å². The van der Waals surface area contributed by atoms with E-state index >= 15 is 0 Å². The molecule has 0 fully saturated rings. The Morgan fingerprint density at radius 3 is 1.57 bits per heavy atom. The highest BCUT2D eigenvalue weighted by Gasteiger charge is 1.99. The van der Waals surface area contributed by atoms with Crippen LogP contribution in [0, 0.1) is 0 Å². The molecule has 0 atom stereocenters. The lowest BCUT2D eigenvalue weighted by atomic mass is 10.2. The fourth-order valence-corrected chi connectivity index (χ4v) is 0.552. The third-order valence-electron chi connectivity index (χ3n) is 1.16. The summed E-state index contributed by atoms with van der Waals surface area (Å²) in [6, 6.07) is 0. The predicted octanol–water partition coefficient (Wildman–Crippen LogP) is -2.01. The monoisotopic (exact) mass is 240 g/mol. The van der Waals surface area contributed by atoms with Crippen LogP contribution in [0.1, 0.15) is 25.7 Å². The Labute approximate surface area is 87.5 Å². The van der Waals surface area contributed by atoms with Crippen molar-refractivity contribution < 1.29 is 28.7 Å². The minimum absolute atomic E-state index is 0.0628. The van der Waals surface area contributed by atoms with E-state index in [0.29, 0.717) is 23.3 Å². The molecule has 0 bridgehead atoms. The Kier molecular flexibility index (Phi) is 13.8. The maximum atomic E-state index is 9.90. The molecule has 0 aliphatic heterocycles. The summed E-state index contributed by atoms with van der Waals surface area (Å²) in [4.78, 5) is 27.6. The van der Waals surface area contributed by atoms with E-state index in [1.165, 1.54) is 0 Å². The number of carboxylic acids is 2. The highest BCUT2D eigenvalue weighted by Crippen LogP contribution is 1.98. The molecule has 0 aromatic carbocycles. The van der Waals surface area contributed by atoms with Crippen LogP contribution in [0.4, 0.5) is 0 Å². The van der Waals surface area contributed by atoms with Crippen molar-refractivity contribution in [3.63, 3.8) is 0 Å². The quantitative estimate of drug-likeness (QED) is 0.366. The molecule has 0 spiro atoms. The first-order chi connectivity index (χ1) is 6.54. The third kappa shape index (κ3) is 22.5. The molecule has 6 nitrogen and oxygen atoms in total. The molecule has 84 valence electrons. The molecule has 0 aromatic heterocycles. The van der Waals surface area contributed by atoms with E-state index in [0.717, 1.165) is 0 Å². The number of unbranched alkanes of at least 4 members (excludes halogenated alkanes) is 1. The van der Waals surface area contributed by atoms with Crippen LogP contribution in [-0.2, 0) is 13.7 Å². The fourth-order valence-electron chi connectivity index (χ4n) is 0.552. The van der Waals surface area contributed by atoms with Crippen LogP contribution in [0.5, 0.6) is 0 Å². The molecule has 0 rings (SSSR count). The van der Waals surface area contributed by atoms with Gasteiger partial charge in [0.05, 0.1) is 0 Å². The first-order valence-corrected chi connectivity index (χ1v) is 6.10. The van der Waals surface area contributed by atoms with E-state index in [9.17, 15) is 9.59 Å². The number of carbonyl (C=O) groups is 2. The highest BCUT2D eigenvalue weighted by atomic mass is 28.3. The molecule has 0 amide bonds. The summed E-state index contributed by atoms with van der Waals surface area (Å²) < 4.78 is 4.38. The summed E-state index contributed by atoms with van der Waals surface area (Å²) in [6.07, 6.45) is 1.02. The number of carboxylic acid groups (broad SMARTS) is 2. The van der Waals surface area contributed by atoms with Gasteiger partial charge in [0, 0.05) is 12.8 Å². The van der Waals surface area contributed by atoms with Gasteiger partial charge in [0.2, 0.25) is 0 Å². The standard InChI is InChI=1S/C6H10O4.H6O2Si2/c7-5(8)3-1-2-4-6(9)10;1-4-2-3/h1-4H2,(H,7,8)(H,9,10);1H,4H2,3H3. The Morgan fingerprint density at radius 1 is 1.14 bits per heavy atom. The molecule has 14 heavy (non-hydrogen) atoms. The average Bonchev–Trinajstić information content (AvgIpc) is 2.12. The average molecular weight is 240 g/mol. The maximum absolute atomic E-state index is 9.90. The third-order valence-corrected chi connectivity index (χ3v) is 2.19. The molecule has 0 heterocycles. The smallest absolute Gasteiger partial charge is 0.303 e. The summed E-state index contributed by atoms with van der Waals surface area (Å²) in [5.74, 6) is -1.74. The summed E-state index contributed by atoms with van der Waals surface area (Å²) in [6.45, 7) is 0. The highest BCUT2D eigenvalue weighted by molar-refractivity contribution is 6.25. The Morgan fingerprint density at radius 2 is 1.43 bits per heavy atom. The predicted molar refractivity (Wildman–Crippen MR) is 55.5 cm³/mol. The van der Waals surface area contributed by atoms with Crippen molar-refractivity contribution in [2.45, 2.75) is 25.7 Å². The van der Waals surface area contributed by atoms with Crippen molar-refractivity contribution in [3.05, 3.63) is 0 Å². The van der Waals surface area contributed by atoms with E-state index in [-0.39, 0.29) is 12.8 Å². The zero-order chi connectivity index (χ0) is 11.4. The molecule has 8 heteroatoms. The van der Waals surface area contributed by atoms with Crippen LogP contribution in [0.2, 0.25) is 0 Å². The fraction of sp³-hybridized carbons (Fsp3) is 0.667. The second-order valence-corrected chi connectivity index (χ2v) is 4.98. The minimum Gasteiger partial charge on any atom is -0.481 e. The normalized spacial score (nSPS) is 9.79. The van der Waals surface area contributed by atoms with Gasteiger partial charge in [-0.05, 0) is 12.8 Å². The van der Waals surface area contributed by atoms with Crippen molar-refractivity contribution >= 4 is 32.4 Å². The lowest BCUT2D eigenvalue weighted by molar-refractivity contribution is -0.139. The van der Waals surface area contributed by atoms with Gasteiger partial charge in [-0.25, -0.2) is 0 Å². The van der Waals surface area contributed by atoms with Gasteiger partial charge in [-0.3, -0.25) is 9.59 Å². The first kappa shape index (κ1) is 15.8. The number of aliphatic carboxylic acids is 2. The van der Waals surface area contributed by atoms with Gasteiger partial charge in [0.25, 0.3) is 10.0 Å². The van der Waals surface area contributed by atoms with Crippen molar-refractivity contribution in [2.24, 2.45) is 0 Å². The van der Waals surface area contributed by atoms with Crippen molar-refractivity contribution in [2.75, 3.05) is 0 Å². The maximum Gasteiger partial charge on any atom is 0.303 e. The lowest BCUT2D eigenvalue weighted by Gasteiger charge is -1.92. The lowest BCUT2D eigenvalue weighted by Crippen LogP contribution is -1.97. The van der Waals surface area contributed by atoms with Gasteiger partial charge < -0.3 is 19.1 Å². The summed E-state index contributed by atoms with van der Waals surface area (Å²) in [5, 5.41) is 16.3. The zero-order valence-corrected chi connectivity index (χ0v) is 11.5. The SMILES string of the molecule is O=C(O)CCCCC(=O)O.O[SiH2]O[SiH3]. The molecule has 0 aliphatic rings. The molecule has 0 saturated carbocycles. The Balaban J connectivity index is 0. The van der Waals surface area contributed by atoms with Gasteiger partial charge in [-0.2, -0.15) is 0 Å². The van der Waals surface area contributed by atoms with Gasteiger partial charge >= 0.3 is 11.9 Å². The Bertz CT molecular complexity index is 144. The summed E-state index contributed by atoms with van der Waals surface area (Å²) >= 11 is 0. The molecule has 0 aromatic rings. The van der Waals surface area contributed by atoms with E-state index in [4.69, 9.17) is 15.0 Å². The second kappa shape index (κ2) is 12.3. The molecule has 3 N–H and O–H groups in total. The minimum atomic E-state index is -1.01. The van der Waals surface area contributed by atoms with Crippen molar-refractivity contribution in [1.82, 2.24) is 0 Å². The molecular weight excluding hydrogens is 224 g/mol. The number of hydrogen-bond acceptors (Lipinski definition) is 4. The summed E-state index contributed by atoms with van der Waals surface area (Å²) in [5.41, 5.74) is 0. The summed E-state index contributed by atoms with van der Waals surface area (Å²) in [7, 11) is -0.312. The molecule has 0 unspecified atom stereocenters. The molecule has 0 radical (unpaired) electrons. The zero-order valence-electron chi connectivity index (χ0n) is 8.10. The van der Waals surface area contributed by atoms with E-state index < -0.39 is 21.9 Å². The topological polar surface area (TPSA) is 104 Å². The van der Waals surface area contributed by atoms with Crippen LogP contribution in [0.15, 0.2) is 0 Å². The number of rotatable bonds is 6. The van der Waals surface area contributed by atoms with Crippen LogP contribution in [0.25, 0.3) is 0 Å². The Hall–Kier alpha value is -0.706. The van der Waals surface area contributed by atoms with Gasteiger partial charge in [0.1, 0.15) is 10.5 Å². The molecule has 0 aliphatic carbocycles. The van der Waals surface area contributed by atoms with Crippen LogP contribution < -0.4 is 0 Å². The van der Waals surface area contributed by atoms with Crippen LogP contribution in [0.3, 0.4) is 0 Å². The first-order valence-electron chi connectivity index (χ1n) is 4.08. The van der Waals surface area contributed by atoms with E-state index in [2.05, 4.69) is 4.12 Å². The van der Waals surface area contributed by atoms with Gasteiger partial charge in [-0.1, -0.05) is 0 Å². The largest absolute Gasteiger partial charge is 0.481 e. The molecular formula is C6H16O6Si2. The second-order valence-electron chi connectivity index (χ2n) is 2.41. The van der Waals surface area contributed by atoms with E-state index in [1.807, 2.05) is 0 Å². The van der Waals surface area contributed by atoms with Gasteiger partial charge in [-0.15, -0.1) is 0 Å². The molecule has 0 saturated heterocycles. The van der Waals surface area contributed by atoms with Crippen molar-refractivity contribution in [3.8, 4) is 0 Å². The van der Waals surface area contributed by atoms with Gasteiger partial charge in [0.15, 0.2) is 0 Å². The van der Waals surface area contributed by atoms with Crippen LogP contribution >= 0.6 is 0 Å². The number of hydrogen-bond donors (Lipinski definition) is 3. The van der Waals surface area contributed by atoms with E-state index in [1.54, 1.807) is 0 Å².